The third kappa shape index (κ3) is 4.86. The number of hydrogen-bond donors (Lipinski definition) is 2. The van der Waals surface area contributed by atoms with E-state index in [0.717, 1.165) is 30.5 Å². The van der Waals surface area contributed by atoms with E-state index in [1.165, 1.54) is 0 Å². The van der Waals surface area contributed by atoms with Gasteiger partial charge in [-0.05, 0) is 37.5 Å². The molecule has 0 aromatic heterocycles. The van der Waals surface area contributed by atoms with Gasteiger partial charge < -0.3 is 15.4 Å². The summed E-state index contributed by atoms with van der Waals surface area (Å²) < 4.78 is 5.04. The maximum absolute atomic E-state index is 11.9. The fourth-order valence-corrected chi connectivity index (χ4v) is 2.12. The summed E-state index contributed by atoms with van der Waals surface area (Å²) in [5.41, 5.74) is 1.73. The Balaban J connectivity index is 1.82. The number of nitrogens with one attached hydrogen (secondary N) is 2. The summed E-state index contributed by atoms with van der Waals surface area (Å²) in [4.78, 5) is 23.4. The quantitative estimate of drug-likeness (QED) is 0.808. The summed E-state index contributed by atoms with van der Waals surface area (Å²) in [6, 6.07) is 7.54. The van der Waals surface area contributed by atoms with Crippen molar-refractivity contribution in [3.8, 4) is 0 Å². The zero-order valence-corrected chi connectivity index (χ0v) is 12.4. The Morgan fingerprint density at radius 1 is 1.33 bits per heavy atom. The Hall–Kier alpha value is -1.88. The van der Waals surface area contributed by atoms with Crippen molar-refractivity contribution < 1.29 is 14.3 Å². The largest absolute Gasteiger partial charge is 0.372 e. The van der Waals surface area contributed by atoms with Gasteiger partial charge in [0.05, 0.1) is 0 Å². The van der Waals surface area contributed by atoms with Crippen LogP contribution < -0.4 is 10.6 Å². The van der Waals surface area contributed by atoms with E-state index in [-0.39, 0.29) is 24.3 Å². The van der Waals surface area contributed by atoms with Crippen LogP contribution in [-0.2, 0) is 20.9 Å². The van der Waals surface area contributed by atoms with Gasteiger partial charge in [0.2, 0.25) is 11.8 Å². The summed E-state index contributed by atoms with van der Waals surface area (Å²) >= 11 is 0. The monoisotopic (exact) mass is 290 g/mol. The van der Waals surface area contributed by atoms with Crippen molar-refractivity contribution in [3.63, 3.8) is 0 Å². The van der Waals surface area contributed by atoms with Crippen LogP contribution in [0.4, 0.5) is 5.69 Å². The average Bonchev–Trinajstić information content (AvgIpc) is 2.41. The van der Waals surface area contributed by atoms with Crippen molar-refractivity contribution in [1.29, 1.82) is 0 Å². The molecule has 1 saturated carbocycles. The van der Waals surface area contributed by atoms with E-state index in [4.69, 9.17) is 4.74 Å². The zero-order chi connectivity index (χ0) is 15.1. The molecule has 0 saturated heterocycles. The molecule has 1 aliphatic carbocycles. The van der Waals surface area contributed by atoms with Gasteiger partial charge in [-0.1, -0.05) is 18.6 Å². The number of anilines is 1. The molecule has 2 rings (SSSR count). The molecule has 0 spiro atoms. The van der Waals surface area contributed by atoms with E-state index in [2.05, 4.69) is 10.6 Å². The van der Waals surface area contributed by atoms with Crippen LogP contribution in [0.5, 0.6) is 0 Å². The van der Waals surface area contributed by atoms with Crippen LogP contribution in [-0.4, -0.2) is 25.0 Å². The summed E-state index contributed by atoms with van der Waals surface area (Å²) in [6.45, 7) is 2.88. The highest BCUT2D eigenvalue weighted by atomic mass is 16.5. The van der Waals surface area contributed by atoms with Crippen molar-refractivity contribution in [2.45, 2.75) is 32.7 Å². The molecular weight excluding hydrogens is 268 g/mol. The molecule has 1 aliphatic rings. The first-order chi connectivity index (χ1) is 10.2. The van der Waals surface area contributed by atoms with Gasteiger partial charge >= 0.3 is 0 Å². The van der Waals surface area contributed by atoms with E-state index in [9.17, 15) is 9.59 Å². The number of carbonyl (C=O) groups excluding carboxylic acids is 2. The number of benzene rings is 1. The second-order valence-electron chi connectivity index (χ2n) is 5.23. The molecule has 5 heteroatoms. The highest BCUT2D eigenvalue weighted by molar-refractivity contribution is 5.93. The third-order valence-electron chi connectivity index (χ3n) is 3.60. The van der Waals surface area contributed by atoms with Crippen LogP contribution in [0.3, 0.4) is 0 Å². The van der Waals surface area contributed by atoms with Crippen LogP contribution in [0.2, 0.25) is 0 Å². The number of carbonyl (C=O) groups is 2. The van der Waals surface area contributed by atoms with Gasteiger partial charge in [0.1, 0.15) is 6.61 Å². The van der Waals surface area contributed by atoms with E-state index >= 15 is 0 Å². The summed E-state index contributed by atoms with van der Waals surface area (Å²) in [6.07, 6.45) is 3.11. The van der Waals surface area contributed by atoms with Crippen molar-refractivity contribution in [3.05, 3.63) is 29.8 Å². The molecule has 2 N–H and O–H groups in total. The molecule has 114 valence electrons. The van der Waals surface area contributed by atoms with E-state index in [0.29, 0.717) is 13.2 Å². The van der Waals surface area contributed by atoms with Gasteiger partial charge in [-0.3, -0.25) is 9.59 Å². The van der Waals surface area contributed by atoms with Gasteiger partial charge in [-0.15, -0.1) is 0 Å². The molecule has 1 fully saturated rings. The minimum atomic E-state index is -0.138. The molecular formula is C16H22N2O3. The fraction of sp³-hybridized carbons (Fsp3) is 0.500. The second kappa shape index (κ2) is 7.78. The first-order valence-corrected chi connectivity index (χ1v) is 7.43. The number of amides is 2. The van der Waals surface area contributed by atoms with Crippen molar-refractivity contribution in [2.75, 3.05) is 18.5 Å². The molecule has 0 aliphatic heterocycles. The van der Waals surface area contributed by atoms with Crippen LogP contribution >= 0.6 is 0 Å². The van der Waals surface area contributed by atoms with Crippen molar-refractivity contribution in [1.82, 2.24) is 5.32 Å². The minimum absolute atomic E-state index is 0.0780. The molecule has 0 heterocycles. The smallest absolute Gasteiger partial charge is 0.246 e. The predicted molar refractivity (Wildman–Crippen MR) is 80.8 cm³/mol. The maximum atomic E-state index is 11.9. The molecule has 2 amide bonds. The molecule has 5 nitrogen and oxygen atoms in total. The fourth-order valence-electron chi connectivity index (χ4n) is 2.12. The van der Waals surface area contributed by atoms with E-state index in [1.54, 1.807) is 0 Å². The van der Waals surface area contributed by atoms with Crippen molar-refractivity contribution >= 4 is 17.5 Å². The number of hydrogen-bond acceptors (Lipinski definition) is 3. The number of rotatable bonds is 7. The third-order valence-corrected chi connectivity index (χ3v) is 3.60. The van der Waals surface area contributed by atoms with Crippen LogP contribution in [0.25, 0.3) is 0 Å². The molecule has 0 atom stereocenters. The molecule has 0 radical (unpaired) electrons. The SMILES string of the molecule is CCOCC(=O)NCc1cccc(NC(=O)C2CCC2)c1. The predicted octanol–water partition coefficient (Wildman–Crippen LogP) is 2.08. The summed E-state index contributed by atoms with van der Waals surface area (Å²) in [5.74, 6) is 0.124. The lowest BCUT2D eigenvalue weighted by molar-refractivity contribution is -0.125. The van der Waals surface area contributed by atoms with Gasteiger partial charge in [0.25, 0.3) is 0 Å². The lowest BCUT2D eigenvalue weighted by Gasteiger charge is -2.24. The molecule has 1 aromatic rings. The topological polar surface area (TPSA) is 67.4 Å². The van der Waals surface area contributed by atoms with Gasteiger partial charge in [0, 0.05) is 24.8 Å². The first kappa shape index (κ1) is 15.5. The van der Waals surface area contributed by atoms with Crippen LogP contribution in [0.15, 0.2) is 24.3 Å². The Kier molecular flexibility index (Phi) is 5.75. The molecule has 0 unspecified atom stereocenters. The highest BCUT2D eigenvalue weighted by Crippen LogP contribution is 2.27. The molecule has 0 bridgehead atoms. The summed E-state index contributed by atoms with van der Waals surface area (Å²) in [5, 5.41) is 5.71. The molecule has 1 aromatic carbocycles. The normalized spacial score (nSPS) is 14.3. The Morgan fingerprint density at radius 3 is 2.81 bits per heavy atom. The van der Waals surface area contributed by atoms with Crippen molar-refractivity contribution in [2.24, 2.45) is 5.92 Å². The average molecular weight is 290 g/mol. The molecule has 21 heavy (non-hydrogen) atoms. The highest BCUT2D eigenvalue weighted by Gasteiger charge is 2.25. The Bertz CT molecular complexity index is 498. The van der Waals surface area contributed by atoms with Gasteiger partial charge in [-0.2, -0.15) is 0 Å². The maximum Gasteiger partial charge on any atom is 0.246 e. The first-order valence-electron chi connectivity index (χ1n) is 7.43. The minimum Gasteiger partial charge on any atom is -0.372 e. The lowest BCUT2D eigenvalue weighted by Crippen LogP contribution is -2.28. The Labute approximate surface area is 125 Å². The lowest BCUT2D eigenvalue weighted by atomic mass is 9.85. The Morgan fingerprint density at radius 2 is 2.14 bits per heavy atom. The van der Waals surface area contributed by atoms with Crippen LogP contribution in [0, 0.1) is 5.92 Å². The van der Waals surface area contributed by atoms with Gasteiger partial charge in [0.15, 0.2) is 0 Å². The van der Waals surface area contributed by atoms with E-state index in [1.807, 2.05) is 31.2 Å². The number of ether oxygens (including phenoxy) is 1. The van der Waals surface area contributed by atoms with Gasteiger partial charge in [-0.25, -0.2) is 0 Å². The van der Waals surface area contributed by atoms with Crippen LogP contribution in [0.1, 0.15) is 31.7 Å². The van der Waals surface area contributed by atoms with E-state index < -0.39 is 0 Å². The zero-order valence-electron chi connectivity index (χ0n) is 12.4. The standard InChI is InChI=1S/C16H22N2O3/c1-2-21-11-15(19)17-10-12-5-3-8-14(9-12)18-16(20)13-6-4-7-13/h3,5,8-9,13H,2,4,6-7,10-11H2,1H3,(H,17,19)(H,18,20). The second-order valence-corrected chi connectivity index (χ2v) is 5.23. The summed E-state index contributed by atoms with van der Waals surface area (Å²) in [7, 11) is 0.